The third kappa shape index (κ3) is 6.56. The van der Waals surface area contributed by atoms with Crippen LogP contribution < -0.4 is 19.9 Å². The van der Waals surface area contributed by atoms with Gasteiger partial charge in [-0.3, -0.25) is 9.36 Å². The van der Waals surface area contributed by atoms with E-state index in [1.165, 1.54) is 12.1 Å². The van der Waals surface area contributed by atoms with E-state index < -0.39 is 11.9 Å². The zero-order valence-corrected chi connectivity index (χ0v) is 25.9. The molecule has 0 aliphatic heterocycles. The molecule has 0 saturated carbocycles. The predicted octanol–water partition coefficient (Wildman–Crippen LogP) is 6.97. The van der Waals surface area contributed by atoms with Crippen molar-refractivity contribution in [2.45, 2.75) is 33.1 Å². The first-order valence-corrected chi connectivity index (χ1v) is 14.4. The third-order valence-electron chi connectivity index (χ3n) is 6.92. The fourth-order valence-corrected chi connectivity index (χ4v) is 4.98. The smallest absolute Gasteiger partial charge is 0.241 e. The Morgan fingerprint density at radius 3 is 2.58 bits per heavy atom. The maximum Gasteiger partial charge on any atom is 0.241 e. The van der Waals surface area contributed by atoms with Crippen LogP contribution in [0.5, 0.6) is 17.4 Å². The molecule has 0 saturated heterocycles. The number of hydrogen-bond acceptors (Lipinski definition) is 7. The van der Waals surface area contributed by atoms with Crippen molar-refractivity contribution in [2.24, 2.45) is 7.05 Å². The lowest BCUT2D eigenvalue weighted by Crippen LogP contribution is -2.08. The number of aromatic nitrogens is 5. The van der Waals surface area contributed by atoms with Crippen LogP contribution >= 0.6 is 15.9 Å². The number of ether oxygens (including phenoxy) is 3. The highest BCUT2D eigenvalue weighted by molar-refractivity contribution is 9.10. The molecule has 222 valence electrons. The lowest BCUT2D eigenvalue weighted by atomic mass is 9.94. The Balaban J connectivity index is 1.49. The summed E-state index contributed by atoms with van der Waals surface area (Å²) in [6, 6.07) is 13.9. The molecular weight excluding hydrogens is 615 g/mol. The minimum Gasteiger partial charge on any atom is -0.497 e. The number of benzene rings is 2. The predicted molar refractivity (Wildman–Crippen MR) is 167 cm³/mol. The van der Waals surface area contributed by atoms with Gasteiger partial charge in [-0.25, -0.2) is 9.37 Å². The molecule has 2 aromatic carbocycles. The molecule has 0 fully saturated rings. The van der Waals surface area contributed by atoms with Crippen LogP contribution in [0.3, 0.4) is 0 Å². The van der Waals surface area contributed by atoms with Gasteiger partial charge in [-0.05, 0) is 77.3 Å². The Kier molecular flexibility index (Phi) is 8.81. The van der Waals surface area contributed by atoms with E-state index in [9.17, 15) is 4.39 Å². The average molecular weight is 648 g/mol. The van der Waals surface area contributed by atoms with Gasteiger partial charge in [0, 0.05) is 53.3 Å². The van der Waals surface area contributed by atoms with Crippen LogP contribution in [-0.2, 0) is 20.2 Å². The zero-order chi connectivity index (χ0) is 30.7. The number of nitrogens with zero attached hydrogens (tertiary/aromatic N) is 5. The van der Waals surface area contributed by atoms with E-state index in [4.69, 9.17) is 25.0 Å². The lowest BCUT2D eigenvalue weighted by Gasteiger charge is -2.19. The second kappa shape index (κ2) is 12.7. The summed E-state index contributed by atoms with van der Waals surface area (Å²) in [6.45, 7) is 9.22. The Morgan fingerprint density at radius 1 is 1.09 bits per heavy atom. The number of anilines is 1. The molecule has 5 aromatic rings. The van der Waals surface area contributed by atoms with Crippen LogP contribution in [-0.4, -0.2) is 31.7 Å². The summed E-state index contributed by atoms with van der Waals surface area (Å²) in [5.41, 5.74) is 11.0. The first-order valence-electron chi connectivity index (χ1n) is 13.6. The minimum absolute atomic E-state index is 0.231. The normalized spacial score (nSPS) is 11.8. The van der Waals surface area contributed by atoms with Gasteiger partial charge in [-0.1, -0.05) is 18.7 Å². The van der Waals surface area contributed by atoms with Gasteiger partial charge in [0.25, 0.3) is 0 Å². The number of hydrogen-bond donors (Lipinski definition) is 1. The Morgan fingerprint density at radius 2 is 1.86 bits per heavy atom. The maximum absolute atomic E-state index is 14.6. The van der Waals surface area contributed by atoms with Gasteiger partial charge in [-0.15, -0.1) is 5.10 Å². The van der Waals surface area contributed by atoms with Crippen LogP contribution in [0.15, 0.2) is 78.2 Å². The van der Waals surface area contributed by atoms with Crippen molar-refractivity contribution in [2.75, 3.05) is 12.8 Å². The van der Waals surface area contributed by atoms with Gasteiger partial charge in [0.15, 0.2) is 11.6 Å². The van der Waals surface area contributed by atoms with Crippen molar-refractivity contribution < 1.29 is 18.6 Å². The average Bonchev–Trinajstić information content (AvgIpc) is 3.61. The van der Waals surface area contributed by atoms with Crippen LogP contribution in [0.4, 0.5) is 10.2 Å². The summed E-state index contributed by atoms with van der Waals surface area (Å²) in [5.74, 6) is 1.44. The van der Waals surface area contributed by atoms with Gasteiger partial charge >= 0.3 is 0 Å². The highest BCUT2D eigenvalue weighted by Gasteiger charge is 2.24. The number of pyridine rings is 1. The fraction of sp³-hybridized carbons (Fsp3) is 0.219. The summed E-state index contributed by atoms with van der Waals surface area (Å²) in [5, 5.41) is 9.40. The van der Waals surface area contributed by atoms with Crippen molar-refractivity contribution >= 4 is 27.3 Å². The molecule has 43 heavy (non-hydrogen) atoms. The van der Waals surface area contributed by atoms with Crippen molar-refractivity contribution in [1.29, 1.82) is 0 Å². The number of rotatable bonds is 11. The molecule has 0 unspecified atom stereocenters. The van der Waals surface area contributed by atoms with Crippen LogP contribution in [0.2, 0.25) is 0 Å². The molecule has 1 atom stereocenters. The van der Waals surface area contributed by atoms with E-state index in [1.807, 2.05) is 57.6 Å². The molecule has 0 amide bonds. The molecule has 9 nitrogen and oxygen atoms in total. The van der Waals surface area contributed by atoms with E-state index in [0.29, 0.717) is 51.6 Å². The molecule has 0 radical (unpaired) electrons. The molecule has 0 aliphatic rings. The summed E-state index contributed by atoms with van der Waals surface area (Å²) in [6.07, 6.45) is 4.78. The molecule has 3 aromatic heterocycles. The van der Waals surface area contributed by atoms with Crippen LogP contribution in [0.1, 0.15) is 42.2 Å². The van der Waals surface area contributed by atoms with Crippen molar-refractivity contribution in [3.63, 3.8) is 0 Å². The standard InChI is InChI=1S/C32H32BrFN6O3/c1-6-40-17-28(32(38-40)42-18-21-7-10-24(41-5)11-8-21)19(2)27-16-39(4)37-30(27)25-12-9-23(34)14-26(25)20(3)43-29-13-22(33)15-36-31(29)35/h7-17,20H,2,6,18H2,1,3-5H3,(H2,35,36)/t20-/m1/s1. The molecule has 5 rings (SSSR count). The second-order valence-electron chi connectivity index (χ2n) is 9.91. The molecular formula is C32H32BrFN6O3. The number of halogens is 2. The fourth-order valence-electron chi connectivity index (χ4n) is 4.67. The topological polar surface area (TPSA) is 102 Å². The van der Waals surface area contributed by atoms with Gasteiger partial charge < -0.3 is 19.9 Å². The molecule has 0 bridgehead atoms. The van der Waals surface area contributed by atoms with Crippen molar-refractivity contribution in [3.05, 3.63) is 106 Å². The number of nitrogens with two attached hydrogens (primary N) is 1. The zero-order valence-electron chi connectivity index (χ0n) is 24.3. The monoisotopic (exact) mass is 646 g/mol. The SMILES string of the molecule is C=C(c1cn(CC)nc1OCc1ccc(OC)cc1)c1cn(C)nc1-c1ccc(F)cc1[C@@H](C)Oc1cc(Br)cnc1N. The van der Waals surface area contributed by atoms with E-state index in [-0.39, 0.29) is 5.82 Å². The van der Waals surface area contributed by atoms with E-state index in [2.05, 4.69) is 32.6 Å². The molecule has 2 N–H and O–H groups in total. The first kappa shape index (κ1) is 29.8. The summed E-state index contributed by atoms with van der Waals surface area (Å²) >= 11 is 3.40. The lowest BCUT2D eigenvalue weighted by molar-refractivity contribution is 0.227. The van der Waals surface area contributed by atoms with Gasteiger partial charge in [0.1, 0.15) is 30.0 Å². The van der Waals surface area contributed by atoms with Crippen molar-refractivity contribution in [3.8, 4) is 28.6 Å². The first-order chi connectivity index (χ1) is 20.7. The Hall–Kier alpha value is -4.64. The molecule has 11 heteroatoms. The molecule has 0 aliphatic carbocycles. The summed E-state index contributed by atoms with van der Waals surface area (Å²) in [7, 11) is 3.46. The maximum atomic E-state index is 14.6. The van der Waals surface area contributed by atoms with Crippen LogP contribution in [0, 0.1) is 5.82 Å². The minimum atomic E-state index is -0.585. The van der Waals surface area contributed by atoms with Gasteiger partial charge in [0.05, 0.1) is 12.7 Å². The van der Waals surface area contributed by atoms with E-state index >= 15 is 0 Å². The largest absolute Gasteiger partial charge is 0.497 e. The van der Waals surface area contributed by atoms with E-state index in [0.717, 1.165) is 22.4 Å². The van der Waals surface area contributed by atoms with Gasteiger partial charge in [-0.2, -0.15) is 5.10 Å². The highest BCUT2D eigenvalue weighted by atomic mass is 79.9. The Labute approximate surface area is 257 Å². The number of nitrogen functional groups attached to an aromatic ring is 1. The molecule has 0 spiro atoms. The molecule has 3 heterocycles. The van der Waals surface area contributed by atoms with Crippen molar-refractivity contribution in [1.82, 2.24) is 24.5 Å². The van der Waals surface area contributed by atoms with E-state index in [1.54, 1.807) is 34.8 Å². The number of methoxy groups -OCH3 is 1. The number of aryl methyl sites for hydroxylation is 2. The van der Waals surface area contributed by atoms with Crippen LogP contribution in [0.25, 0.3) is 16.8 Å². The Bertz CT molecular complexity index is 1770. The highest BCUT2D eigenvalue weighted by Crippen LogP contribution is 2.39. The quantitative estimate of drug-likeness (QED) is 0.165. The second-order valence-corrected chi connectivity index (χ2v) is 10.8. The summed E-state index contributed by atoms with van der Waals surface area (Å²) in [4.78, 5) is 4.14. The van der Waals surface area contributed by atoms with Gasteiger partial charge in [0.2, 0.25) is 5.88 Å². The summed E-state index contributed by atoms with van der Waals surface area (Å²) < 4.78 is 36.4. The third-order valence-corrected chi connectivity index (χ3v) is 7.36.